The van der Waals surface area contributed by atoms with E-state index in [-0.39, 0.29) is 5.91 Å². The normalized spacial score (nSPS) is 9.67. The molecule has 0 fully saturated rings. The summed E-state index contributed by atoms with van der Waals surface area (Å²) in [5.74, 6) is 5.79. The first-order valence-electron chi connectivity index (χ1n) is 5.13. The van der Waals surface area contributed by atoms with Gasteiger partial charge in [-0.05, 0) is 6.07 Å². The number of hydrogen-bond acceptors (Lipinski definition) is 5. The molecule has 2 aromatic rings. The van der Waals surface area contributed by atoms with Crippen molar-refractivity contribution in [2.75, 3.05) is 11.9 Å². The van der Waals surface area contributed by atoms with Gasteiger partial charge >= 0.3 is 0 Å². The van der Waals surface area contributed by atoms with E-state index >= 15 is 0 Å². The minimum atomic E-state index is -0.233. The second kappa shape index (κ2) is 5.44. The van der Waals surface area contributed by atoms with Crippen LogP contribution in [-0.2, 0) is 7.05 Å². The molecule has 2 aromatic heterocycles. The summed E-state index contributed by atoms with van der Waals surface area (Å²) in [4.78, 5) is 16.6. The maximum atomic E-state index is 11.9. The van der Waals surface area contributed by atoms with Crippen molar-refractivity contribution < 1.29 is 4.79 Å². The Hall–Kier alpha value is -2.17. The van der Waals surface area contributed by atoms with Crippen LogP contribution in [0.5, 0.6) is 0 Å². The number of nitrogens with one attached hydrogen (secondary N) is 1. The van der Waals surface area contributed by atoms with E-state index < -0.39 is 0 Å². The molecule has 2 heterocycles. The fraction of sp³-hybridized carbons (Fsp3) is 0.182. The van der Waals surface area contributed by atoms with Gasteiger partial charge in [-0.15, -0.1) is 11.3 Å². The highest BCUT2D eigenvalue weighted by Gasteiger charge is 2.10. The van der Waals surface area contributed by atoms with Gasteiger partial charge in [-0.3, -0.25) is 10.1 Å². The summed E-state index contributed by atoms with van der Waals surface area (Å²) in [6.45, 7) is 0.304. The lowest BCUT2D eigenvalue weighted by molar-refractivity contribution is 0.102. The zero-order valence-corrected chi connectivity index (χ0v) is 10.5. The molecule has 0 spiro atoms. The Morgan fingerprint density at radius 2 is 2.50 bits per heavy atom. The standard InChI is InChI=1S/C11H11N5OS/c1-16-11(13-7-14-16)15-10(17)8-5-9(18-6-8)3-2-4-12/h5-7H,4,12H2,1H3,(H,13,14,15,17). The number of thiophene rings is 1. The van der Waals surface area contributed by atoms with Gasteiger partial charge in [-0.25, -0.2) is 4.68 Å². The summed E-state index contributed by atoms with van der Waals surface area (Å²) in [5, 5.41) is 8.27. The second-order valence-electron chi connectivity index (χ2n) is 3.37. The number of amides is 1. The number of nitrogens with zero attached hydrogens (tertiary/aromatic N) is 3. The van der Waals surface area contributed by atoms with Gasteiger partial charge in [0.15, 0.2) is 0 Å². The van der Waals surface area contributed by atoms with E-state index in [0.29, 0.717) is 18.1 Å². The summed E-state index contributed by atoms with van der Waals surface area (Å²) < 4.78 is 1.49. The van der Waals surface area contributed by atoms with Crippen LogP contribution < -0.4 is 11.1 Å². The number of carbonyl (C=O) groups is 1. The Morgan fingerprint density at radius 3 is 3.17 bits per heavy atom. The third-order valence-corrected chi connectivity index (χ3v) is 2.96. The number of aryl methyl sites for hydroxylation is 1. The van der Waals surface area contributed by atoms with Crippen molar-refractivity contribution >= 4 is 23.2 Å². The van der Waals surface area contributed by atoms with Crippen LogP contribution in [0, 0.1) is 11.8 Å². The number of carbonyl (C=O) groups excluding carboxylic acids is 1. The molecule has 3 N–H and O–H groups in total. The second-order valence-corrected chi connectivity index (χ2v) is 4.28. The van der Waals surface area contributed by atoms with Crippen molar-refractivity contribution in [2.45, 2.75) is 0 Å². The van der Waals surface area contributed by atoms with E-state index in [0.717, 1.165) is 4.88 Å². The van der Waals surface area contributed by atoms with Crippen LogP contribution in [0.3, 0.4) is 0 Å². The van der Waals surface area contributed by atoms with E-state index in [1.54, 1.807) is 18.5 Å². The Bertz CT molecular complexity index is 619. The minimum Gasteiger partial charge on any atom is -0.320 e. The molecule has 6 nitrogen and oxygen atoms in total. The largest absolute Gasteiger partial charge is 0.320 e. The number of anilines is 1. The summed E-state index contributed by atoms with van der Waals surface area (Å²) in [6, 6.07) is 1.72. The topological polar surface area (TPSA) is 85.8 Å². The summed E-state index contributed by atoms with van der Waals surface area (Å²) in [6.07, 6.45) is 1.38. The molecular formula is C11H11N5OS. The molecule has 0 unspecified atom stereocenters. The molecule has 0 aliphatic rings. The van der Waals surface area contributed by atoms with E-state index in [4.69, 9.17) is 5.73 Å². The molecule has 7 heteroatoms. The molecule has 1 amide bonds. The van der Waals surface area contributed by atoms with Gasteiger partial charge in [0.25, 0.3) is 5.91 Å². The van der Waals surface area contributed by atoms with Gasteiger partial charge in [0.2, 0.25) is 5.95 Å². The van der Waals surface area contributed by atoms with Crippen molar-refractivity contribution in [1.29, 1.82) is 0 Å². The van der Waals surface area contributed by atoms with Crippen molar-refractivity contribution in [3.05, 3.63) is 28.2 Å². The van der Waals surface area contributed by atoms with Gasteiger partial charge in [-0.1, -0.05) is 11.8 Å². The summed E-state index contributed by atoms with van der Waals surface area (Å²) in [7, 11) is 1.70. The lowest BCUT2D eigenvalue weighted by atomic mass is 10.3. The number of rotatable bonds is 2. The van der Waals surface area contributed by atoms with Crippen molar-refractivity contribution in [3.63, 3.8) is 0 Å². The molecule has 18 heavy (non-hydrogen) atoms. The molecule has 0 saturated carbocycles. The Labute approximate surface area is 108 Å². The minimum absolute atomic E-state index is 0.233. The predicted octanol–water partition coefficient (Wildman–Crippen LogP) is 0.439. The zero-order chi connectivity index (χ0) is 13.0. The van der Waals surface area contributed by atoms with Crippen LogP contribution in [0.2, 0.25) is 0 Å². The van der Waals surface area contributed by atoms with E-state index in [1.807, 2.05) is 0 Å². The van der Waals surface area contributed by atoms with Gasteiger partial charge in [0.1, 0.15) is 6.33 Å². The average molecular weight is 261 g/mol. The maximum Gasteiger partial charge on any atom is 0.258 e. The van der Waals surface area contributed by atoms with Gasteiger partial charge in [0, 0.05) is 12.4 Å². The third-order valence-electron chi connectivity index (χ3n) is 2.11. The lowest BCUT2D eigenvalue weighted by Crippen LogP contribution is -2.14. The summed E-state index contributed by atoms with van der Waals surface area (Å²) in [5.41, 5.74) is 5.83. The first-order chi connectivity index (χ1) is 8.70. The predicted molar refractivity (Wildman–Crippen MR) is 69.2 cm³/mol. The first-order valence-corrected chi connectivity index (χ1v) is 6.01. The lowest BCUT2D eigenvalue weighted by Gasteiger charge is -2.00. The number of hydrogen-bond donors (Lipinski definition) is 2. The van der Waals surface area contributed by atoms with Gasteiger partial charge in [-0.2, -0.15) is 10.1 Å². The Balaban J connectivity index is 2.10. The molecule has 92 valence electrons. The summed E-state index contributed by atoms with van der Waals surface area (Å²) >= 11 is 1.40. The third kappa shape index (κ3) is 2.74. The number of nitrogens with two attached hydrogens (primary N) is 1. The highest BCUT2D eigenvalue weighted by Crippen LogP contribution is 2.14. The SMILES string of the molecule is Cn1ncnc1NC(=O)c1csc(C#CCN)c1. The Morgan fingerprint density at radius 1 is 1.67 bits per heavy atom. The molecule has 0 aliphatic heterocycles. The van der Waals surface area contributed by atoms with Crippen LogP contribution in [-0.4, -0.2) is 27.2 Å². The molecule has 0 aromatic carbocycles. The van der Waals surface area contributed by atoms with Gasteiger partial charge < -0.3 is 5.73 Å². The molecular weight excluding hydrogens is 250 g/mol. The van der Waals surface area contributed by atoms with Crippen LogP contribution in [0.1, 0.15) is 15.2 Å². The highest BCUT2D eigenvalue weighted by atomic mass is 32.1. The molecule has 2 rings (SSSR count). The van der Waals surface area contributed by atoms with Crippen LogP contribution >= 0.6 is 11.3 Å². The first kappa shape index (κ1) is 12.3. The smallest absolute Gasteiger partial charge is 0.258 e. The van der Waals surface area contributed by atoms with E-state index in [9.17, 15) is 4.79 Å². The van der Waals surface area contributed by atoms with Gasteiger partial charge in [0.05, 0.1) is 17.0 Å². The molecule has 0 radical (unpaired) electrons. The molecule has 0 saturated heterocycles. The van der Waals surface area contributed by atoms with Crippen LogP contribution in [0.15, 0.2) is 17.8 Å². The quantitative estimate of drug-likeness (QED) is 0.768. The van der Waals surface area contributed by atoms with Crippen molar-refractivity contribution in [1.82, 2.24) is 14.8 Å². The fourth-order valence-electron chi connectivity index (χ4n) is 1.24. The Kier molecular flexibility index (Phi) is 3.72. The van der Waals surface area contributed by atoms with E-state index in [1.165, 1.54) is 22.3 Å². The maximum absolute atomic E-state index is 11.9. The highest BCUT2D eigenvalue weighted by molar-refractivity contribution is 7.10. The fourth-order valence-corrected chi connectivity index (χ4v) is 2.00. The monoisotopic (exact) mass is 261 g/mol. The zero-order valence-electron chi connectivity index (χ0n) is 9.67. The van der Waals surface area contributed by atoms with E-state index in [2.05, 4.69) is 27.2 Å². The van der Waals surface area contributed by atoms with Crippen molar-refractivity contribution in [3.8, 4) is 11.8 Å². The van der Waals surface area contributed by atoms with Crippen LogP contribution in [0.4, 0.5) is 5.95 Å². The molecule has 0 aliphatic carbocycles. The van der Waals surface area contributed by atoms with Crippen molar-refractivity contribution in [2.24, 2.45) is 12.8 Å². The van der Waals surface area contributed by atoms with Crippen LogP contribution in [0.25, 0.3) is 0 Å². The average Bonchev–Trinajstić information content (AvgIpc) is 2.97. The number of aromatic nitrogens is 3. The molecule has 0 bridgehead atoms. The molecule has 0 atom stereocenters.